The van der Waals surface area contributed by atoms with Crippen LogP contribution in [0, 0.1) is 19.8 Å². The highest BCUT2D eigenvalue weighted by atomic mass is 32.2. The van der Waals surface area contributed by atoms with Crippen molar-refractivity contribution in [2.45, 2.75) is 26.7 Å². The van der Waals surface area contributed by atoms with Gasteiger partial charge in [-0.25, -0.2) is 13.6 Å². The van der Waals surface area contributed by atoms with Crippen LogP contribution in [-0.4, -0.2) is 38.1 Å². The van der Waals surface area contributed by atoms with Crippen LogP contribution in [0.25, 0.3) is 0 Å². The highest BCUT2D eigenvalue weighted by Gasteiger charge is 2.28. The summed E-state index contributed by atoms with van der Waals surface area (Å²) in [4.78, 5) is 14.1. The van der Waals surface area contributed by atoms with Crippen LogP contribution in [0.2, 0.25) is 0 Å². The Morgan fingerprint density at radius 1 is 1.38 bits per heavy atom. The molecule has 1 aromatic rings. The number of sulfonamides is 1. The van der Waals surface area contributed by atoms with Crippen molar-refractivity contribution in [1.82, 2.24) is 4.90 Å². The molecule has 21 heavy (non-hydrogen) atoms. The summed E-state index contributed by atoms with van der Waals surface area (Å²) in [5.74, 6) is -0.0246. The Balaban J connectivity index is 1.97. The van der Waals surface area contributed by atoms with Crippen LogP contribution in [0.3, 0.4) is 0 Å². The van der Waals surface area contributed by atoms with Gasteiger partial charge in [-0.05, 0) is 37.3 Å². The zero-order chi connectivity index (χ0) is 15.6. The minimum absolute atomic E-state index is 0.0393. The summed E-state index contributed by atoms with van der Waals surface area (Å²) in [5.41, 5.74) is 3.28. The average Bonchev–Trinajstić information content (AvgIpc) is 2.80. The van der Waals surface area contributed by atoms with E-state index in [2.05, 4.69) is 0 Å². The Kier molecular flexibility index (Phi) is 4.68. The van der Waals surface area contributed by atoms with Gasteiger partial charge in [-0.2, -0.15) is 0 Å². The molecule has 1 aliphatic heterocycles. The highest BCUT2D eigenvalue weighted by Crippen LogP contribution is 2.19. The predicted octanol–water partition coefficient (Wildman–Crippen LogP) is 0.983. The molecule has 0 saturated carbocycles. The van der Waals surface area contributed by atoms with Crippen LogP contribution in [-0.2, 0) is 21.2 Å². The first-order valence-electron chi connectivity index (χ1n) is 7.09. The van der Waals surface area contributed by atoms with Crippen LogP contribution < -0.4 is 5.14 Å². The van der Waals surface area contributed by atoms with Gasteiger partial charge in [0.2, 0.25) is 15.9 Å². The van der Waals surface area contributed by atoms with Crippen molar-refractivity contribution in [2.24, 2.45) is 11.1 Å². The number of likely N-dealkylation sites (tertiary alicyclic amines) is 1. The van der Waals surface area contributed by atoms with Gasteiger partial charge in [-0.3, -0.25) is 4.79 Å². The summed E-state index contributed by atoms with van der Waals surface area (Å²) in [6, 6.07) is 6.08. The Morgan fingerprint density at radius 2 is 2.10 bits per heavy atom. The van der Waals surface area contributed by atoms with E-state index in [1.54, 1.807) is 4.90 Å². The van der Waals surface area contributed by atoms with Gasteiger partial charge in [0.15, 0.2) is 0 Å². The topological polar surface area (TPSA) is 80.5 Å². The smallest absolute Gasteiger partial charge is 0.227 e. The molecule has 2 rings (SSSR count). The zero-order valence-corrected chi connectivity index (χ0v) is 13.3. The molecule has 1 fully saturated rings. The molecule has 0 aromatic heterocycles. The van der Waals surface area contributed by atoms with Crippen molar-refractivity contribution in [3.05, 3.63) is 34.9 Å². The van der Waals surface area contributed by atoms with Crippen molar-refractivity contribution in [1.29, 1.82) is 0 Å². The molecule has 1 amide bonds. The average molecular weight is 310 g/mol. The van der Waals surface area contributed by atoms with Crippen molar-refractivity contribution >= 4 is 15.9 Å². The van der Waals surface area contributed by atoms with Crippen LogP contribution >= 0.6 is 0 Å². The number of hydrogen-bond donors (Lipinski definition) is 1. The summed E-state index contributed by atoms with van der Waals surface area (Å²) >= 11 is 0. The van der Waals surface area contributed by atoms with Crippen LogP contribution in [0.5, 0.6) is 0 Å². The number of hydrogen-bond acceptors (Lipinski definition) is 3. The van der Waals surface area contributed by atoms with Gasteiger partial charge >= 0.3 is 0 Å². The third-order valence-electron chi connectivity index (χ3n) is 3.95. The summed E-state index contributed by atoms with van der Waals surface area (Å²) < 4.78 is 22.2. The fraction of sp³-hybridized carbons (Fsp3) is 0.533. The van der Waals surface area contributed by atoms with E-state index < -0.39 is 10.0 Å². The van der Waals surface area contributed by atoms with E-state index in [9.17, 15) is 13.2 Å². The van der Waals surface area contributed by atoms with Gasteiger partial charge < -0.3 is 4.90 Å². The van der Waals surface area contributed by atoms with Crippen LogP contribution in [0.4, 0.5) is 0 Å². The number of amides is 1. The minimum atomic E-state index is -3.47. The Morgan fingerprint density at radius 3 is 2.76 bits per heavy atom. The number of aryl methyl sites for hydroxylation is 2. The molecule has 6 heteroatoms. The van der Waals surface area contributed by atoms with Gasteiger partial charge in [0, 0.05) is 13.1 Å². The number of carbonyl (C=O) groups is 1. The lowest BCUT2D eigenvalue weighted by Gasteiger charge is -2.17. The summed E-state index contributed by atoms with van der Waals surface area (Å²) in [5, 5.41) is 5.07. The van der Waals surface area contributed by atoms with Gasteiger partial charge in [0.25, 0.3) is 0 Å². The summed E-state index contributed by atoms with van der Waals surface area (Å²) in [6.07, 6.45) is 1.07. The second-order valence-electron chi connectivity index (χ2n) is 5.93. The molecular weight excluding hydrogens is 288 g/mol. The molecular formula is C15H22N2O3S. The fourth-order valence-electron chi connectivity index (χ4n) is 2.79. The lowest BCUT2D eigenvalue weighted by atomic mass is 10.0. The number of rotatable bonds is 4. The molecule has 5 nitrogen and oxygen atoms in total. The van der Waals surface area contributed by atoms with Crippen LogP contribution in [0.1, 0.15) is 23.1 Å². The van der Waals surface area contributed by atoms with Crippen molar-refractivity contribution in [3.63, 3.8) is 0 Å². The Hall–Kier alpha value is -1.40. The molecule has 0 spiro atoms. The molecule has 2 N–H and O–H groups in total. The van der Waals surface area contributed by atoms with Gasteiger partial charge in [-0.15, -0.1) is 0 Å². The summed E-state index contributed by atoms with van der Waals surface area (Å²) in [6.45, 7) is 5.10. The molecule has 1 saturated heterocycles. The van der Waals surface area contributed by atoms with E-state index in [1.807, 2.05) is 32.0 Å². The van der Waals surface area contributed by atoms with Crippen molar-refractivity contribution < 1.29 is 13.2 Å². The van der Waals surface area contributed by atoms with Crippen molar-refractivity contribution in [3.8, 4) is 0 Å². The molecule has 0 bridgehead atoms. The summed E-state index contributed by atoms with van der Waals surface area (Å²) in [7, 11) is -3.47. The highest BCUT2D eigenvalue weighted by molar-refractivity contribution is 7.89. The van der Waals surface area contributed by atoms with Gasteiger partial charge in [-0.1, -0.05) is 23.8 Å². The van der Waals surface area contributed by atoms with E-state index in [0.29, 0.717) is 25.9 Å². The normalized spacial score (nSPS) is 19.0. The monoisotopic (exact) mass is 310 g/mol. The maximum Gasteiger partial charge on any atom is 0.227 e. The zero-order valence-electron chi connectivity index (χ0n) is 12.5. The Bertz CT molecular complexity index is 640. The first kappa shape index (κ1) is 16.0. The standard InChI is InChI=1S/C15H22N2O3S/c1-11-3-4-12(2)14(7-11)8-15(18)17-6-5-13(9-17)10-21(16,19)20/h3-4,7,13H,5-6,8-10H2,1-2H3,(H2,16,19,20)/t13-/m1/s1. The first-order chi connectivity index (χ1) is 9.74. The van der Waals surface area contributed by atoms with E-state index in [-0.39, 0.29) is 17.6 Å². The minimum Gasteiger partial charge on any atom is -0.342 e. The molecule has 116 valence electrons. The molecule has 1 aliphatic rings. The van der Waals surface area contributed by atoms with E-state index in [0.717, 1.165) is 16.7 Å². The lowest BCUT2D eigenvalue weighted by Crippen LogP contribution is -2.32. The molecule has 0 aliphatic carbocycles. The maximum atomic E-state index is 12.3. The second kappa shape index (κ2) is 6.15. The predicted molar refractivity (Wildman–Crippen MR) is 82.3 cm³/mol. The first-order valence-corrected chi connectivity index (χ1v) is 8.80. The second-order valence-corrected chi connectivity index (χ2v) is 7.59. The largest absolute Gasteiger partial charge is 0.342 e. The SMILES string of the molecule is Cc1ccc(C)c(CC(=O)N2CC[C@@H](CS(N)(=O)=O)C2)c1. The van der Waals surface area contributed by atoms with E-state index in [1.165, 1.54) is 0 Å². The maximum absolute atomic E-state index is 12.3. The third-order valence-corrected chi connectivity index (χ3v) is 4.89. The number of nitrogens with two attached hydrogens (primary N) is 1. The number of nitrogens with zero attached hydrogens (tertiary/aromatic N) is 1. The molecule has 1 heterocycles. The third kappa shape index (κ3) is 4.54. The van der Waals surface area contributed by atoms with E-state index in [4.69, 9.17) is 5.14 Å². The van der Waals surface area contributed by atoms with Gasteiger partial charge in [0.05, 0.1) is 12.2 Å². The van der Waals surface area contributed by atoms with E-state index >= 15 is 0 Å². The number of benzene rings is 1. The van der Waals surface area contributed by atoms with Crippen molar-refractivity contribution in [2.75, 3.05) is 18.8 Å². The van der Waals surface area contributed by atoms with Gasteiger partial charge in [0.1, 0.15) is 0 Å². The van der Waals surface area contributed by atoms with Crippen LogP contribution in [0.15, 0.2) is 18.2 Å². The molecule has 1 atom stereocenters. The molecule has 0 radical (unpaired) electrons. The fourth-order valence-corrected chi connectivity index (χ4v) is 3.72. The molecule has 0 unspecified atom stereocenters. The quantitative estimate of drug-likeness (QED) is 0.900. The molecule has 1 aromatic carbocycles. The Labute approximate surface area is 126 Å². The number of primary sulfonamides is 1. The lowest BCUT2D eigenvalue weighted by molar-refractivity contribution is -0.129. The number of carbonyl (C=O) groups excluding carboxylic acids is 1.